The summed E-state index contributed by atoms with van der Waals surface area (Å²) in [7, 11) is 0. The van der Waals surface area contributed by atoms with E-state index in [2.05, 4.69) is 39.5 Å². The molecule has 2 atom stereocenters. The van der Waals surface area contributed by atoms with E-state index < -0.39 is 0 Å². The Morgan fingerprint density at radius 3 is 1.93 bits per heavy atom. The highest BCUT2D eigenvalue weighted by Gasteiger charge is 2.51. The fourth-order valence-corrected chi connectivity index (χ4v) is 3.76. The molecule has 82 valence electrons. The fraction of sp³-hybridized carbons (Fsp3) is 1.00. The molecule has 1 nitrogen and oxygen atoms in total. The number of hydrogen-bond acceptors (Lipinski definition) is 1. The molecule has 0 aromatic rings. The quantitative estimate of drug-likeness (QED) is 0.621. The summed E-state index contributed by atoms with van der Waals surface area (Å²) < 4.78 is 0. The molecule has 0 aromatic heterocycles. The van der Waals surface area contributed by atoms with E-state index in [9.17, 15) is 0 Å². The molecule has 2 saturated heterocycles. The third kappa shape index (κ3) is 1.60. The van der Waals surface area contributed by atoms with Crippen molar-refractivity contribution in [3.05, 3.63) is 0 Å². The second-order valence-corrected chi connectivity index (χ2v) is 6.70. The van der Waals surface area contributed by atoms with Crippen LogP contribution in [0.3, 0.4) is 0 Å². The molecule has 2 unspecified atom stereocenters. The molecule has 2 aliphatic heterocycles. The standard InChI is InChI=1S/C13H25N/c1-9(2)14-7-10-6-11(8-14)12(10)13(3,4)5/h9-12H,6-8H2,1-5H3. The smallest absolute Gasteiger partial charge is 0.00388 e. The average Bonchev–Trinajstić information content (AvgIpc) is 2.00. The van der Waals surface area contributed by atoms with Crippen LogP contribution >= 0.6 is 0 Å². The maximum atomic E-state index is 2.67. The molecular weight excluding hydrogens is 170 g/mol. The van der Waals surface area contributed by atoms with Gasteiger partial charge in [0.2, 0.25) is 0 Å². The summed E-state index contributed by atoms with van der Waals surface area (Å²) in [6.07, 6.45) is 1.51. The van der Waals surface area contributed by atoms with Crippen molar-refractivity contribution in [3.63, 3.8) is 0 Å². The van der Waals surface area contributed by atoms with E-state index in [1.165, 1.54) is 19.5 Å². The molecule has 1 aliphatic carbocycles. The molecule has 1 heteroatoms. The summed E-state index contributed by atoms with van der Waals surface area (Å²) in [6, 6.07) is 0.751. The number of nitrogens with zero attached hydrogens (tertiary/aromatic N) is 1. The van der Waals surface area contributed by atoms with Crippen molar-refractivity contribution >= 4 is 0 Å². The van der Waals surface area contributed by atoms with Crippen molar-refractivity contribution in [2.45, 2.75) is 47.1 Å². The highest BCUT2D eigenvalue weighted by Crippen LogP contribution is 2.53. The molecule has 1 saturated carbocycles. The van der Waals surface area contributed by atoms with Gasteiger partial charge < -0.3 is 4.90 Å². The SMILES string of the molecule is CC(C)N1CC2CC(C1)C2C(C)(C)C. The molecule has 0 N–H and O–H groups in total. The van der Waals surface area contributed by atoms with Crippen LogP contribution in [0.4, 0.5) is 0 Å². The lowest BCUT2D eigenvalue weighted by atomic mass is 9.53. The van der Waals surface area contributed by atoms with E-state index in [1.54, 1.807) is 0 Å². The summed E-state index contributed by atoms with van der Waals surface area (Å²) in [5.41, 5.74) is 0.538. The Morgan fingerprint density at radius 2 is 1.57 bits per heavy atom. The first-order valence-corrected chi connectivity index (χ1v) is 6.13. The van der Waals surface area contributed by atoms with Gasteiger partial charge in [0, 0.05) is 19.1 Å². The van der Waals surface area contributed by atoms with Crippen LogP contribution in [0, 0.1) is 23.2 Å². The third-order valence-corrected chi connectivity index (χ3v) is 4.29. The van der Waals surface area contributed by atoms with Gasteiger partial charge in [-0.15, -0.1) is 0 Å². The van der Waals surface area contributed by atoms with Gasteiger partial charge in [-0.1, -0.05) is 20.8 Å². The van der Waals surface area contributed by atoms with Gasteiger partial charge >= 0.3 is 0 Å². The van der Waals surface area contributed by atoms with Crippen LogP contribution in [0.25, 0.3) is 0 Å². The number of rotatable bonds is 1. The van der Waals surface area contributed by atoms with E-state index >= 15 is 0 Å². The van der Waals surface area contributed by atoms with Crippen molar-refractivity contribution in [2.24, 2.45) is 23.2 Å². The lowest BCUT2D eigenvalue weighted by Gasteiger charge is -2.59. The van der Waals surface area contributed by atoms with Crippen LogP contribution in [0.1, 0.15) is 41.0 Å². The highest BCUT2D eigenvalue weighted by molar-refractivity contribution is 5.01. The zero-order valence-electron chi connectivity index (χ0n) is 10.4. The van der Waals surface area contributed by atoms with Gasteiger partial charge in [0.05, 0.1) is 0 Å². The van der Waals surface area contributed by atoms with Gasteiger partial charge in [-0.05, 0) is 43.4 Å². The first-order chi connectivity index (χ1) is 6.39. The zero-order chi connectivity index (χ0) is 10.5. The molecule has 0 spiro atoms. The minimum atomic E-state index is 0.538. The second kappa shape index (κ2) is 3.23. The zero-order valence-corrected chi connectivity index (χ0v) is 10.4. The summed E-state index contributed by atoms with van der Waals surface area (Å²) in [4.78, 5) is 2.67. The molecule has 0 amide bonds. The minimum absolute atomic E-state index is 0.538. The average molecular weight is 195 g/mol. The van der Waals surface area contributed by atoms with Gasteiger partial charge in [-0.25, -0.2) is 0 Å². The summed E-state index contributed by atoms with van der Waals surface area (Å²) in [5.74, 6) is 2.99. The van der Waals surface area contributed by atoms with E-state index in [-0.39, 0.29) is 0 Å². The molecule has 14 heavy (non-hydrogen) atoms. The predicted molar refractivity (Wildman–Crippen MR) is 61.3 cm³/mol. The largest absolute Gasteiger partial charge is 0.300 e. The Morgan fingerprint density at radius 1 is 1.07 bits per heavy atom. The normalized spacial score (nSPS) is 38.6. The maximum Gasteiger partial charge on any atom is 0.00388 e. The van der Waals surface area contributed by atoms with Crippen molar-refractivity contribution < 1.29 is 0 Å². The molecule has 0 radical (unpaired) electrons. The lowest BCUT2D eigenvalue weighted by molar-refractivity contribution is -0.104. The van der Waals surface area contributed by atoms with Crippen molar-refractivity contribution in [2.75, 3.05) is 13.1 Å². The first kappa shape index (κ1) is 10.5. The van der Waals surface area contributed by atoms with Crippen molar-refractivity contribution in [1.82, 2.24) is 4.90 Å². The van der Waals surface area contributed by atoms with Crippen LogP contribution in [-0.2, 0) is 0 Å². The predicted octanol–water partition coefficient (Wildman–Crippen LogP) is 3.01. The molecule has 3 rings (SSSR count). The summed E-state index contributed by atoms with van der Waals surface area (Å²) >= 11 is 0. The van der Waals surface area contributed by atoms with Gasteiger partial charge in [0.1, 0.15) is 0 Å². The van der Waals surface area contributed by atoms with E-state index in [0.29, 0.717) is 5.41 Å². The Bertz CT molecular complexity index is 202. The van der Waals surface area contributed by atoms with E-state index in [1.807, 2.05) is 0 Å². The molecule has 2 heterocycles. The molecule has 3 fully saturated rings. The van der Waals surface area contributed by atoms with E-state index in [0.717, 1.165) is 23.8 Å². The van der Waals surface area contributed by atoms with Crippen LogP contribution in [0.5, 0.6) is 0 Å². The fourth-order valence-electron chi connectivity index (χ4n) is 3.76. The minimum Gasteiger partial charge on any atom is -0.300 e. The molecule has 2 bridgehead atoms. The van der Waals surface area contributed by atoms with Crippen molar-refractivity contribution in [3.8, 4) is 0 Å². The van der Waals surface area contributed by atoms with Crippen LogP contribution < -0.4 is 0 Å². The Hall–Kier alpha value is -0.0400. The number of hydrogen-bond donors (Lipinski definition) is 0. The van der Waals surface area contributed by atoms with Gasteiger partial charge in [-0.2, -0.15) is 0 Å². The first-order valence-electron chi connectivity index (χ1n) is 6.13. The summed E-state index contributed by atoms with van der Waals surface area (Å²) in [5, 5.41) is 0. The van der Waals surface area contributed by atoms with Crippen LogP contribution in [0.15, 0.2) is 0 Å². The second-order valence-electron chi connectivity index (χ2n) is 6.70. The van der Waals surface area contributed by atoms with Crippen LogP contribution in [0.2, 0.25) is 0 Å². The van der Waals surface area contributed by atoms with Crippen molar-refractivity contribution in [1.29, 1.82) is 0 Å². The Balaban J connectivity index is 2.00. The summed E-state index contributed by atoms with van der Waals surface area (Å²) in [6.45, 7) is 14.6. The molecule has 0 aromatic carbocycles. The number of fused-ring (bicyclic) bond motifs is 2. The number of piperidine rings is 2. The molecular formula is C13H25N. The Labute approximate surface area is 88.9 Å². The topological polar surface area (TPSA) is 3.24 Å². The Kier molecular flexibility index (Phi) is 2.42. The van der Waals surface area contributed by atoms with E-state index in [4.69, 9.17) is 0 Å². The lowest BCUT2D eigenvalue weighted by Crippen LogP contribution is -2.60. The highest BCUT2D eigenvalue weighted by atomic mass is 15.2. The van der Waals surface area contributed by atoms with Crippen LogP contribution in [-0.4, -0.2) is 24.0 Å². The maximum absolute atomic E-state index is 2.67. The van der Waals surface area contributed by atoms with Gasteiger partial charge in [0.25, 0.3) is 0 Å². The molecule has 3 aliphatic rings. The van der Waals surface area contributed by atoms with Gasteiger partial charge in [0.15, 0.2) is 0 Å². The van der Waals surface area contributed by atoms with Gasteiger partial charge in [-0.3, -0.25) is 0 Å². The third-order valence-electron chi connectivity index (χ3n) is 4.29. The monoisotopic (exact) mass is 195 g/mol.